The Bertz CT molecular complexity index is 836. The number of carbonyl (C=O) groups is 3. The summed E-state index contributed by atoms with van der Waals surface area (Å²) in [6.45, 7) is 2.03. The fourth-order valence-corrected chi connectivity index (χ4v) is 2.89. The molecule has 2 aromatic rings. The molecule has 128 valence electrons. The smallest absolute Gasteiger partial charge is 0.262 e. The molecule has 0 atom stereocenters. The first-order valence-corrected chi connectivity index (χ1v) is 8.29. The van der Waals surface area contributed by atoms with E-state index in [1.807, 2.05) is 6.92 Å². The molecular weight excluding hydrogens is 365 g/mol. The van der Waals surface area contributed by atoms with E-state index in [9.17, 15) is 14.4 Å². The third-order valence-electron chi connectivity index (χ3n) is 3.80. The van der Waals surface area contributed by atoms with Gasteiger partial charge in [0.05, 0.1) is 34.3 Å². The summed E-state index contributed by atoms with van der Waals surface area (Å²) in [7, 11) is 0. The Balaban J connectivity index is 1.80. The average Bonchev–Trinajstić information content (AvgIpc) is 2.81. The molecule has 2 amide bonds. The lowest BCUT2D eigenvalue weighted by atomic mass is 10.1. The van der Waals surface area contributed by atoms with Crippen LogP contribution in [0.2, 0.25) is 10.0 Å². The molecule has 5 nitrogen and oxygen atoms in total. The Morgan fingerprint density at radius 1 is 1.00 bits per heavy atom. The largest absolute Gasteiger partial charge is 0.494 e. The second kappa shape index (κ2) is 6.86. The molecule has 0 unspecified atom stereocenters. The third-order valence-corrected chi connectivity index (χ3v) is 4.52. The maximum absolute atomic E-state index is 12.4. The minimum Gasteiger partial charge on any atom is -0.494 e. The summed E-state index contributed by atoms with van der Waals surface area (Å²) in [5.74, 6) is -0.825. The summed E-state index contributed by atoms with van der Waals surface area (Å²) in [6.07, 6.45) is 0. The van der Waals surface area contributed by atoms with Gasteiger partial charge < -0.3 is 4.74 Å². The van der Waals surface area contributed by atoms with Gasteiger partial charge in [0, 0.05) is 5.56 Å². The van der Waals surface area contributed by atoms with Crippen molar-refractivity contribution in [2.75, 3.05) is 13.2 Å². The van der Waals surface area contributed by atoms with Crippen LogP contribution in [-0.4, -0.2) is 35.6 Å². The lowest BCUT2D eigenvalue weighted by Gasteiger charge is -2.13. The van der Waals surface area contributed by atoms with Crippen LogP contribution in [0.5, 0.6) is 5.75 Å². The molecule has 0 aromatic heterocycles. The molecule has 0 fully saturated rings. The predicted octanol–water partition coefficient (Wildman–Crippen LogP) is 3.87. The normalized spacial score (nSPS) is 13.2. The molecular formula is C18H13Cl2NO4. The molecule has 0 N–H and O–H groups in total. The zero-order valence-corrected chi connectivity index (χ0v) is 14.7. The SMILES string of the molecule is CCOc1ccc(C(=O)CN2C(=O)c3cc(Cl)c(Cl)cc3C2=O)cc1. The predicted molar refractivity (Wildman–Crippen MR) is 93.8 cm³/mol. The van der Waals surface area contributed by atoms with Gasteiger partial charge in [-0.15, -0.1) is 0 Å². The van der Waals surface area contributed by atoms with Crippen LogP contribution in [0.4, 0.5) is 0 Å². The summed E-state index contributed by atoms with van der Waals surface area (Å²) < 4.78 is 5.32. The summed E-state index contributed by atoms with van der Waals surface area (Å²) in [6, 6.07) is 9.22. The lowest BCUT2D eigenvalue weighted by Crippen LogP contribution is -2.34. The van der Waals surface area contributed by atoms with E-state index in [2.05, 4.69) is 0 Å². The van der Waals surface area contributed by atoms with Crippen LogP contribution >= 0.6 is 23.2 Å². The monoisotopic (exact) mass is 377 g/mol. The van der Waals surface area contributed by atoms with E-state index in [0.29, 0.717) is 17.9 Å². The molecule has 0 spiro atoms. The fraction of sp³-hybridized carbons (Fsp3) is 0.167. The number of benzene rings is 2. The van der Waals surface area contributed by atoms with E-state index in [4.69, 9.17) is 27.9 Å². The van der Waals surface area contributed by atoms with Gasteiger partial charge in [-0.3, -0.25) is 19.3 Å². The van der Waals surface area contributed by atoms with Gasteiger partial charge >= 0.3 is 0 Å². The Kier molecular flexibility index (Phi) is 4.79. The van der Waals surface area contributed by atoms with Crippen LogP contribution < -0.4 is 4.74 Å². The van der Waals surface area contributed by atoms with Gasteiger partial charge in [0.2, 0.25) is 0 Å². The van der Waals surface area contributed by atoms with Crippen LogP contribution in [0.1, 0.15) is 38.0 Å². The summed E-state index contributed by atoms with van der Waals surface area (Å²) in [5, 5.41) is 0.363. The Hall–Kier alpha value is -2.37. The van der Waals surface area contributed by atoms with Crippen LogP contribution in [0.15, 0.2) is 36.4 Å². The number of amides is 2. The van der Waals surface area contributed by atoms with Gasteiger partial charge in [0.1, 0.15) is 5.75 Å². The molecule has 1 heterocycles. The van der Waals surface area contributed by atoms with Crippen molar-refractivity contribution in [2.24, 2.45) is 0 Å². The summed E-state index contributed by atoms with van der Waals surface area (Å²) >= 11 is 11.8. The standard InChI is InChI=1S/C18H13Cl2NO4/c1-2-25-11-5-3-10(4-6-11)16(22)9-21-17(23)12-7-14(19)15(20)8-13(12)18(21)24/h3-8H,2,9H2,1H3. The third kappa shape index (κ3) is 3.25. The summed E-state index contributed by atoms with van der Waals surface area (Å²) in [5.41, 5.74) is 0.689. The van der Waals surface area contributed by atoms with Crippen LogP contribution in [0, 0.1) is 0 Å². The number of ketones is 1. The molecule has 2 aromatic carbocycles. The first kappa shape index (κ1) is 17.5. The summed E-state index contributed by atoms with van der Waals surface area (Å²) in [4.78, 5) is 38.1. The van der Waals surface area contributed by atoms with Crippen LogP contribution in [0.25, 0.3) is 0 Å². The highest BCUT2D eigenvalue weighted by Crippen LogP contribution is 2.31. The van der Waals surface area contributed by atoms with Crippen molar-refractivity contribution in [3.8, 4) is 5.75 Å². The first-order valence-electron chi connectivity index (χ1n) is 7.53. The van der Waals surface area contributed by atoms with Crippen molar-refractivity contribution >= 4 is 40.8 Å². The van der Waals surface area contributed by atoms with Gasteiger partial charge in [-0.1, -0.05) is 23.2 Å². The number of fused-ring (bicyclic) bond motifs is 1. The van der Waals surface area contributed by atoms with E-state index >= 15 is 0 Å². The van der Waals surface area contributed by atoms with Crippen molar-refractivity contribution in [3.63, 3.8) is 0 Å². The van der Waals surface area contributed by atoms with E-state index in [1.165, 1.54) is 12.1 Å². The van der Waals surface area contributed by atoms with Gasteiger partial charge in [0.15, 0.2) is 5.78 Å². The van der Waals surface area contributed by atoms with E-state index < -0.39 is 11.8 Å². The number of carbonyl (C=O) groups excluding carboxylic acids is 3. The van der Waals surface area contributed by atoms with Crippen molar-refractivity contribution < 1.29 is 19.1 Å². The molecule has 0 saturated heterocycles. The molecule has 0 aliphatic carbocycles. The minimum atomic E-state index is -0.558. The Labute approximate surface area is 154 Å². The molecule has 0 saturated carbocycles. The number of ether oxygens (including phenoxy) is 1. The number of hydrogen-bond donors (Lipinski definition) is 0. The number of imide groups is 1. The van der Waals surface area contributed by atoms with E-state index in [0.717, 1.165) is 4.90 Å². The zero-order valence-electron chi connectivity index (χ0n) is 13.2. The topological polar surface area (TPSA) is 63.7 Å². The molecule has 25 heavy (non-hydrogen) atoms. The molecule has 3 rings (SSSR count). The average molecular weight is 378 g/mol. The second-order valence-electron chi connectivity index (χ2n) is 5.39. The minimum absolute atomic E-state index is 0.152. The maximum atomic E-state index is 12.4. The highest BCUT2D eigenvalue weighted by atomic mass is 35.5. The van der Waals surface area contributed by atoms with Gasteiger partial charge in [-0.25, -0.2) is 0 Å². The number of nitrogens with zero attached hydrogens (tertiary/aromatic N) is 1. The molecule has 0 bridgehead atoms. The molecule has 1 aliphatic rings. The van der Waals surface area contributed by atoms with Crippen LogP contribution in [0.3, 0.4) is 0 Å². The van der Waals surface area contributed by atoms with Crippen molar-refractivity contribution in [3.05, 3.63) is 63.1 Å². The van der Waals surface area contributed by atoms with E-state index in [-0.39, 0.29) is 33.5 Å². The van der Waals surface area contributed by atoms with Crippen molar-refractivity contribution in [1.82, 2.24) is 4.90 Å². The number of halogens is 2. The van der Waals surface area contributed by atoms with Gasteiger partial charge in [-0.2, -0.15) is 0 Å². The Morgan fingerprint density at radius 3 is 2.00 bits per heavy atom. The highest BCUT2D eigenvalue weighted by molar-refractivity contribution is 6.43. The number of rotatable bonds is 5. The van der Waals surface area contributed by atoms with Crippen molar-refractivity contribution in [1.29, 1.82) is 0 Å². The van der Waals surface area contributed by atoms with E-state index in [1.54, 1.807) is 24.3 Å². The molecule has 7 heteroatoms. The quantitative estimate of drug-likeness (QED) is 0.585. The maximum Gasteiger partial charge on any atom is 0.262 e. The highest BCUT2D eigenvalue weighted by Gasteiger charge is 2.37. The number of hydrogen-bond acceptors (Lipinski definition) is 4. The molecule has 1 aliphatic heterocycles. The fourth-order valence-electron chi connectivity index (χ4n) is 2.57. The molecule has 0 radical (unpaired) electrons. The second-order valence-corrected chi connectivity index (χ2v) is 6.20. The van der Waals surface area contributed by atoms with Gasteiger partial charge in [-0.05, 0) is 43.3 Å². The first-order chi connectivity index (χ1) is 11.9. The van der Waals surface area contributed by atoms with Gasteiger partial charge in [0.25, 0.3) is 11.8 Å². The number of Topliss-reactive ketones (excluding diaryl/α,β-unsaturated/α-hetero) is 1. The van der Waals surface area contributed by atoms with Crippen LogP contribution in [-0.2, 0) is 0 Å². The Morgan fingerprint density at radius 2 is 1.52 bits per heavy atom. The zero-order chi connectivity index (χ0) is 18.1. The van der Waals surface area contributed by atoms with Crippen molar-refractivity contribution in [2.45, 2.75) is 6.92 Å². The lowest BCUT2D eigenvalue weighted by molar-refractivity contribution is 0.0624.